The summed E-state index contributed by atoms with van der Waals surface area (Å²) in [6.07, 6.45) is 0. The van der Waals surface area contributed by atoms with E-state index < -0.39 is 8.32 Å². The van der Waals surface area contributed by atoms with Gasteiger partial charge >= 0.3 is 0 Å². The Morgan fingerprint density at radius 1 is 1.05 bits per heavy atom. The number of rotatable bonds is 4. The third-order valence-electron chi connectivity index (χ3n) is 3.49. The molecule has 1 aromatic carbocycles. The molecule has 1 atom stereocenters. The lowest BCUT2D eigenvalue weighted by atomic mass is 10.1. The van der Waals surface area contributed by atoms with Crippen molar-refractivity contribution in [2.45, 2.75) is 32.6 Å². The predicted octanol–water partition coefficient (Wildman–Crippen LogP) is 3.71. The average molecular weight is 351 g/mol. The SMILES string of the molecule is C[C@@H](c1ccc(O[Si](C)(C)C)cc1)N1CCNCC1.Cl.Cl. The first-order valence-electron chi connectivity index (χ1n) is 7.19. The standard InChI is InChI=1S/C15H26N2OSi.2ClH/c1-13(17-11-9-16-10-12-17)14-5-7-15(8-6-14)18-19(2,3)4;;/h5-8,13,16H,9-12H2,1-4H3;2*1H/t13-;;/m0../s1. The molecule has 1 heterocycles. The predicted molar refractivity (Wildman–Crippen MR) is 97.8 cm³/mol. The zero-order valence-electron chi connectivity index (χ0n) is 13.4. The number of benzene rings is 1. The zero-order valence-corrected chi connectivity index (χ0v) is 16.0. The van der Waals surface area contributed by atoms with Gasteiger partial charge in [0.25, 0.3) is 0 Å². The van der Waals surface area contributed by atoms with Gasteiger partial charge in [-0.2, -0.15) is 0 Å². The van der Waals surface area contributed by atoms with Gasteiger partial charge in [-0.15, -0.1) is 24.8 Å². The molecule has 0 unspecified atom stereocenters. The molecular weight excluding hydrogens is 323 g/mol. The van der Waals surface area contributed by atoms with E-state index in [9.17, 15) is 0 Å². The molecule has 1 aliphatic rings. The Labute approximate surface area is 142 Å². The molecule has 21 heavy (non-hydrogen) atoms. The first kappa shape index (κ1) is 20.7. The van der Waals surface area contributed by atoms with Gasteiger partial charge in [-0.25, -0.2) is 0 Å². The fourth-order valence-corrected chi connectivity index (χ4v) is 3.29. The van der Waals surface area contributed by atoms with Gasteiger partial charge in [-0.3, -0.25) is 4.90 Å². The highest BCUT2D eigenvalue weighted by molar-refractivity contribution is 6.70. The molecule has 2 rings (SSSR count). The van der Waals surface area contributed by atoms with Crippen LogP contribution in [0, 0.1) is 0 Å². The summed E-state index contributed by atoms with van der Waals surface area (Å²) in [7, 11) is -1.49. The lowest BCUT2D eigenvalue weighted by Crippen LogP contribution is -2.44. The highest BCUT2D eigenvalue weighted by atomic mass is 35.5. The van der Waals surface area contributed by atoms with E-state index >= 15 is 0 Å². The number of hydrogen-bond acceptors (Lipinski definition) is 3. The summed E-state index contributed by atoms with van der Waals surface area (Å²) >= 11 is 0. The lowest BCUT2D eigenvalue weighted by Gasteiger charge is -2.33. The average Bonchev–Trinajstić information content (AvgIpc) is 2.38. The van der Waals surface area contributed by atoms with E-state index in [-0.39, 0.29) is 24.8 Å². The molecule has 0 saturated carbocycles. The maximum atomic E-state index is 6.00. The second-order valence-electron chi connectivity index (χ2n) is 6.25. The van der Waals surface area contributed by atoms with Crippen molar-refractivity contribution in [3.05, 3.63) is 29.8 Å². The maximum Gasteiger partial charge on any atom is 0.242 e. The molecule has 1 aromatic rings. The van der Waals surface area contributed by atoms with Gasteiger partial charge in [0.2, 0.25) is 8.32 Å². The summed E-state index contributed by atoms with van der Waals surface area (Å²) in [5.41, 5.74) is 1.38. The van der Waals surface area contributed by atoms with Crippen molar-refractivity contribution in [3.63, 3.8) is 0 Å². The number of nitrogens with zero attached hydrogens (tertiary/aromatic N) is 1. The van der Waals surface area contributed by atoms with Crippen LogP contribution in [-0.4, -0.2) is 39.4 Å². The molecule has 1 aliphatic heterocycles. The molecule has 3 nitrogen and oxygen atoms in total. The van der Waals surface area contributed by atoms with E-state index in [1.54, 1.807) is 0 Å². The van der Waals surface area contributed by atoms with Crippen molar-refractivity contribution in [2.24, 2.45) is 0 Å². The van der Waals surface area contributed by atoms with Crippen molar-refractivity contribution < 1.29 is 4.43 Å². The van der Waals surface area contributed by atoms with Crippen LogP contribution in [0.3, 0.4) is 0 Å². The van der Waals surface area contributed by atoms with Crippen LogP contribution in [0.4, 0.5) is 0 Å². The lowest BCUT2D eigenvalue weighted by molar-refractivity contribution is 0.185. The van der Waals surface area contributed by atoms with E-state index in [2.05, 4.69) is 61.0 Å². The van der Waals surface area contributed by atoms with Crippen LogP contribution < -0.4 is 9.74 Å². The number of hydrogen-bond donors (Lipinski definition) is 1. The van der Waals surface area contributed by atoms with Crippen LogP contribution >= 0.6 is 24.8 Å². The molecule has 6 heteroatoms. The zero-order chi connectivity index (χ0) is 13.9. The molecule has 0 bridgehead atoms. The third-order valence-corrected chi connectivity index (χ3v) is 4.33. The Hall–Kier alpha value is -0.263. The van der Waals surface area contributed by atoms with Gasteiger partial charge in [0, 0.05) is 32.2 Å². The van der Waals surface area contributed by atoms with Crippen molar-refractivity contribution in [2.75, 3.05) is 26.2 Å². The van der Waals surface area contributed by atoms with Crippen LogP contribution in [0.25, 0.3) is 0 Å². The Balaban J connectivity index is 0.00000200. The van der Waals surface area contributed by atoms with Gasteiger partial charge in [-0.1, -0.05) is 12.1 Å². The Morgan fingerprint density at radius 2 is 1.57 bits per heavy atom. The van der Waals surface area contributed by atoms with Gasteiger partial charge in [0.15, 0.2) is 0 Å². The summed E-state index contributed by atoms with van der Waals surface area (Å²) in [6, 6.07) is 9.14. The van der Waals surface area contributed by atoms with E-state index in [1.807, 2.05) is 0 Å². The van der Waals surface area contributed by atoms with Gasteiger partial charge in [0.1, 0.15) is 5.75 Å². The van der Waals surface area contributed by atoms with Gasteiger partial charge in [-0.05, 0) is 44.3 Å². The molecule has 0 spiro atoms. The first-order chi connectivity index (χ1) is 8.96. The molecular formula is C15H28Cl2N2OSi. The highest BCUT2D eigenvalue weighted by Crippen LogP contribution is 2.24. The fraction of sp³-hybridized carbons (Fsp3) is 0.600. The van der Waals surface area contributed by atoms with E-state index in [0.29, 0.717) is 6.04 Å². The van der Waals surface area contributed by atoms with Crippen LogP contribution in [0.15, 0.2) is 24.3 Å². The molecule has 122 valence electrons. The molecule has 1 N–H and O–H groups in total. The Kier molecular flexibility index (Phi) is 8.89. The van der Waals surface area contributed by atoms with E-state index in [1.165, 1.54) is 5.56 Å². The van der Waals surface area contributed by atoms with Crippen LogP contribution in [0.2, 0.25) is 19.6 Å². The van der Waals surface area contributed by atoms with Crippen molar-refractivity contribution >= 4 is 33.1 Å². The molecule has 0 aliphatic carbocycles. The molecule has 1 saturated heterocycles. The van der Waals surface area contributed by atoms with Crippen molar-refractivity contribution in [3.8, 4) is 5.75 Å². The number of nitrogens with one attached hydrogen (secondary N) is 1. The van der Waals surface area contributed by atoms with Crippen molar-refractivity contribution in [1.29, 1.82) is 0 Å². The monoisotopic (exact) mass is 350 g/mol. The van der Waals surface area contributed by atoms with Gasteiger partial charge in [0.05, 0.1) is 0 Å². The summed E-state index contributed by atoms with van der Waals surface area (Å²) < 4.78 is 6.00. The second kappa shape index (κ2) is 9.01. The Bertz CT molecular complexity index is 403. The summed E-state index contributed by atoms with van der Waals surface area (Å²) in [4.78, 5) is 2.53. The number of halogens is 2. The first-order valence-corrected chi connectivity index (χ1v) is 10.6. The molecule has 0 radical (unpaired) electrons. The minimum Gasteiger partial charge on any atom is -0.544 e. The molecule has 0 amide bonds. The Morgan fingerprint density at radius 3 is 2.05 bits per heavy atom. The highest BCUT2D eigenvalue weighted by Gasteiger charge is 2.19. The fourth-order valence-electron chi connectivity index (χ4n) is 2.45. The largest absolute Gasteiger partial charge is 0.544 e. The van der Waals surface area contributed by atoms with E-state index in [0.717, 1.165) is 31.9 Å². The smallest absolute Gasteiger partial charge is 0.242 e. The van der Waals surface area contributed by atoms with E-state index in [4.69, 9.17) is 4.43 Å². The van der Waals surface area contributed by atoms with Gasteiger partial charge < -0.3 is 9.74 Å². The molecule has 1 fully saturated rings. The summed E-state index contributed by atoms with van der Waals surface area (Å²) in [6.45, 7) is 13.4. The number of piperazine rings is 1. The normalized spacial score (nSPS) is 17.3. The van der Waals surface area contributed by atoms with Crippen molar-refractivity contribution in [1.82, 2.24) is 10.2 Å². The minimum atomic E-state index is -1.49. The topological polar surface area (TPSA) is 24.5 Å². The quantitative estimate of drug-likeness (QED) is 0.837. The summed E-state index contributed by atoms with van der Waals surface area (Å²) in [5, 5.41) is 3.40. The van der Waals surface area contributed by atoms with Crippen LogP contribution in [-0.2, 0) is 0 Å². The second-order valence-corrected chi connectivity index (χ2v) is 10.7. The van der Waals surface area contributed by atoms with Crippen LogP contribution in [0.5, 0.6) is 5.75 Å². The maximum absolute atomic E-state index is 6.00. The minimum absolute atomic E-state index is 0. The summed E-state index contributed by atoms with van der Waals surface area (Å²) in [5.74, 6) is 1.01. The third kappa shape index (κ3) is 6.57. The van der Waals surface area contributed by atoms with Crippen LogP contribution in [0.1, 0.15) is 18.5 Å². The molecule has 0 aromatic heterocycles.